The van der Waals surface area contributed by atoms with E-state index in [-0.39, 0.29) is 23.3 Å². The van der Waals surface area contributed by atoms with Gasteiger partial charge >= 0.3 is 0 Å². The number of carbonyl (C=O) groups is 1. The maximum Gasteiger partial charge on any atom is 0.255 e. The summed E-state index contributed by atoms with van der Waals surface area (Å²) < 4.78 is 5.05. The van der Waals surface area contributed by atoms with Gasteiger partial charge in [0.1, 0.15) is 11.5 Å². The van der Waals surface area contributed by atoms with Crippen LogP contribution in [0.2, 0.25) is 0 Å². The second-order valence-corrected chi connectivity index (χ2v) is 4.87. The molecule has 1 aliphatic heterocycles. The van der Waals surface area contributed by atoms with Crippen LogP contribution in [0.4, 0.5) is 0 Å². The van der Waals surface area contributed by atoms with E-state index in [9.17, 15) is 9.90 Å². The summed E-state index contributed by atoms with van der Waals surface area (Å²) in [6, 6.07) is 4.91. The number of ether oxygens (including phenoxy) is 1. The second-order valence-electron chi connectivity index (χ2n) is 4.87. The third kappa shape index (κ3) is 1.80. The number of hydrogen-bond acceptors (Lipinski definition) is 4. The normalized spacial score (nSPS) is 28.6. The van der Waals surface area contributed by atoms with E-state index in [1.807, 2.05) is 0 Å². The molecule has 3 rings (SSSR count). The summed E-state index contributed by atoms with van der Waals surface area (Å²) in [7, 11) is 1.53. The average Bonchev–Trinajstić information content (AvgIpc) is 2.82. The molecule has 5 heteroatoms. The fourth-order valence-corrected chi connectivity index (χ4v) is 2.69. The van der Waals surface area contributed by atoms with Gasteiger partial charge in [0.05, 0.1) is 12.7 Å². The van der Waals surface area contributed by atoms with Crippen LogP contribution in [0.1, 0.15) is 10.4 Å². The van der Waals surface area contributed by atoms with Crippen molar-refractivity contribution < 1.29 is 14.6 Å². The Hall–Kier alpha value is -1.75. The molecular formula is C13H16N2O3. The van der Waals surface area contributed by atoms with Crippen LogP contribution in [-0.4, -0.2) is 37.3 Å². The lowest BCUT2D eigenvalue weighted by Crippen LogP contribution is -2.32. The monoisotopic (exact) mass is 248 g/mol. The Morgan fingerprint density at radius 2 is 2.17 bits per heavy atom. The highest BCUT2D eigenvalue weighted by Crippen LogP contribution is 2.41. The lowest BCUT2D eigenvalue weighted by atomic mass is 10.1. The summed E-state index contributed by atoms with van der Waals surface area (Å²) in [5.41, 5.74) is 0.271. The number of benzene rings is 1. The highest BCUT2D eigenvalue weighted by Gasteiger charge is 2.53. The summed E-state index contributed by atoms with van der Waals surface area (Å²) in [6.45, 7) is 1.94. The first-order chi connectivity index (χ1) is 8.70. The van der Waals surface area contributed by atoms with Crippen molar-refractivity contribution in [1.29, 1.82) is 0 Å². The SMILES string of the molecule is COc1ccc(O)c(C(=O)NC2C3CNCC32)c1. The third-order valence-electron chi connectivity index (χ3n) is 3.84. The highest BCUT2D eigenvalue weighted by atomic mass is 16.5. The Bertz CT molecular complexity index is 479. The van der Waals surface area contributed by atoms with E-state index in [4.69, 9.17) is 4.74 Å². The number of methoxy groups -OCH3 is 1. The molecule has 3 N–H and O–H groups in total. The predicted molar refractivity (Wildman–Crippen MR) is 65.8 cm³/mol. The van der Waals surface area contributed by atoms with Crippen molar-refractivity contribution >= 4 is 5.91 Å². The number of phenols is 1. The molecule has 1 saturated heterocycles. The molecule has 1 aromatic rings. The molecule has 0 bridgehead atoms. The van der Waals surface area contributed by atoms with E-state index in [0.717, 1.165) is 13.1 Å². The Morgan fingerprint density at radius 1 is 1.44 bits per heavy atom. The minimum Gasteiger partial charge on any atom is -0.507 e. The maximum absolute atomic E-state index is 12.1. The number of fused-ring (bicyclic) bond motifs is 1. The van der Waals surface area contributed by atoms with Crippen molar-refractivity contribution in [3.05, 3.63) is 23.8 Å². The summed E-state index contributed by atoms with van der Waals surface area (Å²) >= 11 is 0. The van der Waals surface area contributed by atoms with E-state index in [1.54, 1.807) is 12.1 Å². The largest absolute Gasteiger partial charge is 0.507 e. The van der Waals surface area contributed by atoms with Crippen molar-refractivity contribution in [2.75, 3.05) is 20.2 Å². The van der Waals surface area contributed by atoms with Crippen molar-refractivity contribution in [3.8, 4) is 11.5 Å². The smallest absolute Gasteiger partial charge is 0.255 e. The van der Waals surface area contributed by atoms with E-state index in [0.29, 0.717) is 17.6 Å². The first-order valence-electron chi connectivity index (χ1n) is 6.09. The zero-order chi connectivity index (χ0) is 12.7. The summed E-state index contributed by atoms with van der Waals surface area (Å²) in [4.78, 5) is 12.1. The molecule has 2 aliphatic rings. The second kappa shape index (κ2) is 4.17. The summed E-state index contributed by atoms with van der Waals surface area (Å²) in [5, 5.41) is 16.0. The minimum absolute atomic E-state index is 0.0164. The molecule has 0 radical (unpaired) electrons. The average molecular weight is 248 g/mol. The molecule has 0 spiro atoms. The van der Waals surface area contributed by atoms with Gasteiger partial charge in [-0.3, -0.25) is 4.79 Å². The lowest BCUT2D eigenvalue weighted by Gasteiger charge is -2.10. The minimum atomic E-state index is -0.231. The fraction of sp³-hybridized carbons (Fsp3) is 0.462. The topological polar surface area (TPSA) is 70.6 Å². The Kier molecular flexibility index (Phi) is 2.63. The zero-order valence-electron chi connectivity index (χ0n) is 10.1. The van der Waals surface area contributed by atoms with E-state index < -0.39 is 0 Å². The van der Waals surface area contributed by atoms with Crippen LogP contribution in [0.25, 0.3) is 0 Å². The van der Waals surface area contributed by atoms with Crippen LogP contribution in [0, 0.1) is 11.8 Å². The van der Waals surface area contributed by atoms with Crippen LogP contribution < -0.4 is 15.4 Å². The van der Waals surface area contributed by atoms with Crippen LogP contribution in [0.5, 0.6) is 11.5 Å². The number of nitrogens with one attached hydrogen (secondary N) is 2. The number of amides is 1. The van der Waals surface area contributed by atoms with Gasteiger partial charge in [-0.15, -0.1) is 0 Å². The molecule has 1 saturated carbocycles. The number of hydrogen-bond donors (Lipinski definition) is 3. The quantitative estimate of drug-likeness (QED) is 0.722. The van der Waals surface area contributed by atoms with Gasteiger partial charge in [0, 0.05) is 19.1 Å². The number of piperidine rings is 1. The molecule has 2 atom stereocenters. The van der Waals surface area contributed by atoms with Gasteiger partial charge in [-0.1, -0.05) is 0 Å². The van der Waals surface area contributed by atoms with Gasteiger partial charge in [-0.05, 0) is 30.0 Å². The first kappa shape index (κ1) is 11.3. The zero-order valence-corrected chi connectivity index (χ0v) is 10.1. The molecule has 1 aromatic carbocycles. The van der Waals surface area contributed by atoms with Crippen molar-refractivity contribution in [2.24, 2.45) is 11.8 Å². The summed E-state index contributed by atoms with van der Waals surface area (Å²) in [6.07, 6.45) is 0. The van der Waals surface area contributed by atoms with Crippen molar-refractivity contribution in [1.82, 2.24) is 10.6 Å². The highest BCUT2D eigenvalue weighted by molar-refractivity contribution is 5.97. The van der Waals surface area contributed by atoms with Gasteiger partial charge in [-0.2, -0.15) is 0 Å². The van der Waals surface area contributed by atoms with Gasteiger partial charge in [0.25, 0.3) is 5.91 Å². The molecule has 18 heavy (non-hydrogen) atoms. The molecule has 96 valence electrons. The Morgan fingerprint density at radius 3 is 2.83 bits per heavy atom. The number of phenolic OH excluding ortho intramolecular Hbond substituents is 1. The first-order valence-corrected chi connectivity index (χ1v) is 6.09. The van der Waals surface area contributed by atoms with Gasteiger partial charge < -0.3 is 20.5 Å². The fourth-order valence-electron chi connectivity index (χ4n) is 2.69. The van der Waals surface area contributed by atoms with Crippen molar-refractivity contribution in [3.63, 3.8) is 0 Å². The molecule has 0 aromatic heterocycles. The molecule has 2 unspecified atom stereocenters. The molecule has 1 amide bonds. The Labute approximate surface area is 105 Å². The van der Waals surface area contributed by atoms with Crippen LogP contribution in [-0.2, 0) is 0 Å². The Balaban J connectivity index is 1.72. The summed E-state index contributed by atoms with van der Waals surface area (Å²) in [5.74, 6) is 1.43. The van der Waals surface area contributed by atoms with Crippen LogP contribution >= 0.6 is 0 Å². The van der Waals surface area contributed by atoms with E-state index >= 15 is 0 Å². The van der Waals surface area contributed by atoms with Crippen LogP contribution in [0.15, 0.2) is 18.2 Å². The molecular weight excluding hydrogens is 232 g/mol. The van der Waals surface area contributed by atoms with Crippen LogP contribution in [0.3, 0.4) is 0 Å². The van der Waals surface area contributed by atoms with Gasteiger partial charge in [0.15, 0.2) is 0 Å². The van der Waals surface area contributed by atoms with E-state index in [2.05, 4.69) is 10.6 Å². The number of rotatable bonds is 3. The van der Waals surface area contributed by atoms with Gasteiger partial charge in [-0.25, -0.2) is 0 Å². The maximum atomic E-state index is 12.1. The van der Waals surface area contributed by atoms with Crippen molar-refractivity contribution in [2.45, 2.75) is 6.04 Å². The molecule has 1 aliphatic carbocycles. The molecule has 2 fully saturated rings. The third-order valence-corrected chi connectivity index (χ3v) is 3.84. The molecule has 5 nitrogen and oxygen atoms in total. The number of carbonyl (C=O) groups excluding carboxylic acids is 1. The standard InChI is InChI=1S/C13H16N2O3/c1-18-7-2-3-11(16)8(4-7)13(17)15-12-9-5-14-6-10(9)12/h2-4,9-10,12,14,16H,5-6H2,1H3,(H,15,17). The molecule has 1 heterocycles. The van der Waals surface area contributed by atoms with Gasteiger partial charge in [0.2, 0.25) is 0 Å². The number of aromatic hydroxyl groups is 1. The van der Waals surface area contributed by atoms with E-state index in [1.165, 1.54) is 13.2 Å². The lowest BCUT2D eigenvalue weighted by molar-refractivity contribution is 0.0943. The predicted octanol–water partition coefficient (Wildman–Crippen LogP) is 0.348.